The number of anilines is 2. The molecule has 3 N–H and O–H groups in total. The minimum absolute atomic E-state index is 0.253. The molecular formula is C17H21N6O3S+. The highest BCUT2D eigenvalue weighted by Crippen LogP contribution is 2.33. The molecule has 1 aliphatic heterocycles. The molecule has 1 amide bonds. The van der Waals surface area contributed by atoms with E-state index in [2.05, 4.69) is 22.5 Å². The molecule has 3 aromatic heterocycles. The Labute approximate surface area is 159 Å². The van der Waals surface area contributed by atoms with Crippen LogP contribution in [-0.2, 0) is 11.2 Å². The van der Waals surface area contributed by atoms with Crippen LogP contribution >= 0.6 is 11.3 Å². The molecule has 0 radical (unpaired) electrons. The number of amides is 1. The highest BCUT2D eigenvalue weighted by molar-refractivity contribution is 7.21. The molecular weight excluding hydrogens is 368 g/mol. The Hall–Kier alpha value is -2.72. The number of hydrogen-bond acceptors (Lipinski definition) is 8. The zero-order valence-corrected chi connectivity index (χ0v) is 15.8. The van der Waals surface area contributed by atoms with E-state index in [0.717, 1.165) is 28.8 Å². The first kappa shape index (κ1) is 17.7. The Morgan fingerprint density at radius 3 is 3.00 bits per heavy atom. The average molecular weight is 389 g/mol. The van der Waals surface area contributed by atoms with Crippen molar-refractivity contribution in [2.45, 2.75) is 19.8 Å². The molecule has 0 aromatic carbocycles. The Kier molecular flexibility index (Phi) is 4.90. The summed E-state index contributed by atoms with van der Waals surface area (Å²) in [5.74, 6) is -0.0826. The molecule has 4 heterocycles. The second-order valence-electron chi connectivity index (χ2n) is 6.26. The number of rotatable bonds is 5. The van der Waals surface area contributed by atoms with E-state index in [1.54, 1.807) is 11.0 Å². The number of morpholine rings is 1. The Balaban J connectivity index is 1.52. The van der Waals surface area contributed by atoms with E-state index in [-0.39, 0.29) is 11.8 Å². The lowest BCUT2D eigenvalue weighted by Gasteiger charge is -2.18. The fourth-order valence-electron chi connectivity index (χ4n) is 2.95. The number of nitrogens with zero attached hydrogens (tertiary/aromatic N) is 4. The molecule has 4 rings (SSSR count). The van der Waals surface area contributed by atoms with E-state index in [4.69, 9.17) is 15.0 Å². The molecule has 0 spiro atoms. The molecule has 9 nitrogen and oxygen atoms in total. The minimum atomic E-state index is -0.335. The number of ether oxygens (including phenoxy) is 1. The van der Waals surface area contributed by atoms with Gasteiger partial charge in [-0.15, -0.1) is 16.3 Å². The zero-order valence-electron chi connectivity index (χ0n) is 15.0. The predicted molar refractivity (Wildman–Crippen MR) is 101 cm³/mol. The molecule has 3 aromatic rings. The lowest BCUT2D eigenvalue weighted by Crippen LogP contribution is -2.62. The van der Waals surface area contributed by atoms with Crippen molar-refractivity contribution in [3.8, 4) is 0 Å². The van der Waals surface area contributed by atoms with Gasteiger partial charge in [-0.3, -0.25) is 14.6 Å². The number of nitrogen functional groups attached to an aromatic ring is 1. The van der Waals surface area contributed by atoms with Gasteiger partial charge in [0.2, 0.25) is 5.27 Å². The smallest absolute Gasteiger partial charge is 0.306 e. The highest BCUT2D eigenvalue weighted by Gasteiger charge is 2.25. The fraction of sp³-hybridized carbons (Fsp3) is 0.412. The number of hydrogen-bond donors (Lipinski definition) is 2. The third-order valence-corrected chi connectivity index (χ3v) is 5.45. The Morgan fingerprint density at radius 2 is 2.22 bits per heavy atom. The summed E-state index contributed by atoms with van der Waals surface area (Å²) >= 11 is 1.28. The monoisotopic (exact) mass is 389 g/mol. The molecule has 1 aliphatic rings. The topological polar surface area (TPSA) is 110 Å². The maximum absolute atomic E-state index is 12.7. The summed E-state index contributed by atoms with van der Waals surface area (Å²) in [6.07, 6.45) is 3.54. The minimum Gasteiger partial charge on any atom is -0.397 e. The van der Waals surface area contributed by atoms with Gasteiger partial charge in [0.15, 0.2) is 0 Å². The standard InChI is InChI=1S/C17H20N6O3S/c1-2-3-11-4-5-12-14(18)15(27-17(12)19-11)16(24)20-13-10-23(21-26-13)22-6-8-25-9-7-22/h4-5,10H,2-3,6-9H2,1H3,(H2-,18,20,21,24)/p+1. The van der Waals surface area contributed by atoms with E-state index in [9.17, 15) is 4.79 Å². The summed E-state index contributed by atoms with van der Waals surface area (Å²) in [5.41, 5.74) is 7.61. The van der Waals surface area contributed by atoms with Crippen molar-refractivity contribution < 1.29 is 18.8 Å². The van der Waals surface area contributed by atoms with Gasteiger partial charge in [0.1, 0.15) is 9.71 Å². The molecule has 10 heteroatoms. The van der Waals surface area contributed by atoms with Crippen LogP contribution in [0, 0.1) is 0 Å². The lowest BCUT2D eigenvalue weighted by atomic mass is 10.2. The van der Waals surface area contributed by atoms with Crippen LogP contribution in [0.1, 0.15) is 28.7 Å². The second kappa shape index (κ2) is 7.49. The molecule has 0 atom stereocenters. The molecule has 1 saturated heterocycles. The Morgan fingerprint density at radius 1 is 1.41 bits per heavy atom. The first-order chi connectivity index (χ1) is 13.2. The van der Waals surface area contributed by atoms with Crippen LogP contribution in [0.3, 0.4) is 0 Å². The summed E-state index contributed by atoms with van der Waals surface area (Å²) < 4.78 is 10.5. The number of carbonyl (C=O) groups excluding carboxylic acids is 1. The van der Waals surface area contributed by atoms with Crippen molar-refractivity contribution in [1.29, 1.82) is 0 Å². The first-order valence-corrected chi connectivity index (χ1v) is 9.68. The number of aryl methyl sites for hydroxylation is 1. The second-order valence-corrected chi connectivity index (χ2v) is 7.26. The van der Waals surface area contributed by atoms with Gasteiger partial charge in [-0.25, -0.2) is 4.98 Å². The van der Waals surface area contributed by atoms with Crippen molar-refractivity contribution in [1.82, 2.24) is 10.3 Å². The Bertz CT molecular complexity index is 963. The third-order valence-electron chi connectivity index (χ3n) is 4.33. The molecule has 0 saturated carbocycles. The van der Waals surface area contributed by atoms with Gasteiger partial charge in [-0.2, -0.15) is 0 Å². The maximum atomic E-state index is 12.7. The summed E-state index contributed by atoms with van der Waals surface area (Å²) in [5, 5.41) is 9.42. The average Bonchev–Trinajstić information content (AvgIpc) is 3.27. The van der Waals surface area contributed by atoms with Crippen LogP contribution in [-0.4, -0.2) is 42.5 Å². The maximum Gasteiger partial charge on any atom is 0.306 e. The van der Waals surface area contributed by atoms with Crippen LogP contribution in [0.5, 0.6) is 0 Å². The molecule has 27 heavy (non-hydrogen) atoms. The van der Waals surface area contributed by atoms with Gasteiger partial charge in [-0.05, 0) is 18.6 Å². The normalized spacial score (nSPS) is 14.6. The van der Waals surface area contributed by atoms with Crippen molar-refractivity contribution in [2.24, 2.45) is 0 Å². The van der Waals surface area contributed by atoms with Crippen molar-refractivity contribution in [3.63, 3.8) is 0 Å². The molecule has 142 valence electrons. The van der Waals surface area contributed by atoms with E-state index >= 15 is 0 Å². The zero-order chi connectivity index (χ0) is 18.8. The van der Waals surface area contributed by atoms with Gasteiger partial charge in [0.25, 0.3) is 12.1 Å². The summed E-state index contributed by atoms with van der Waals surface area (Å²) in [6.45, 7) is 4.78. The van der Waals surface area contributed by atoms with Crippen molar-refractivity contribution >= 4 is 39.0 Å². The summed E-state index contributed by atoms with van der Waals surface area (Å²) in [4.78, 5) is 20.0. The number of fused-ring (bicyclic) bond motifs is 1. The van der Waals surface area contributed by atoms with E-state index in [0.29, 0.717) is 36.9 Å². The number of pyridine rings is 1. The van der Waals surface area contributed by atoms with Gasteiger partial charge < -0.3 is 10.5 Å². The first-order valence-electron chi connectivity index (χ1n) is 8.86. The van der Waals surface area contributed by atoms with Crippen molar-refractivity contribution in [2.75, 3.05) is 42.4 Å². The van der Waals surface area contributed by atoms with Crippen molar-refractivity contribution in [3.05, 3.63) is 28.9 Å². The van der Waals surface area contributed by atoms with Crippen LogP contribution in [0.25, 0.3) is 10.2 Å². The number of carbonyl (C=O) groups is 1. The number of thiophene rings is 1. The van der Waals surface area contributed by atoms with Gasteiger partial charge in [0, 0.05) is 11.1 Å². The molecule has 0 unspecified atom stereocenters. The summed E-state index contributed by atoms with van der Waals surface area (Å²) in [7, 11) is 0. The molecule has 1 fully saturated rings. The number of aromatic nitrogens is 3. The van der Waals surface area contributed by atoms with Gasteiger partial charge >= 0.3 is 5.88 Å². The highest BCUT2D eigenvalue weighted by atomic mass is 32.1. The van der Waals surface area contributed by atoms with Gasteiger partial charge in [-0.1, -0.05) is 13.3 Å². The lowest BCUT2D eigenvalue weighted by molar-refractivity contribution is -0.759. The van der Waals surface area contributed by atoms with E-state index < -0.39 is 0 Å². The number of nitrogens with two attached hydrogens (primary N) is 1. The van der Waals surface area contributed by atoms with Gasteiger partial charge in [0.05, 0.1) is 36.8 Å². The molecule has 0 bridgehead atoms. The van der Waals surface area contributed by atoms with Crippen LogP contribution < -0.4 is 20.9 Å². The molecule has 0 aliphatic carbocycles. The summed E-state index contributed by atoms with van der Waals surface area (Å²) in [6, 6.07) is 3.88. The van der Waals surface area contributed by atoms with Crippen LogP contribution in [0.15, 0.2) is 22.9 Å². The van der Waals surface area contributed by atoms with E-state index in [1.807, 2.05) is 17.1 Å². The fourth-order valence-corrected chi connectivity index (χ4v) is 3.96. The quantitative estimate of drug-likeness (QED) is 0.633. The van der Waals surface area contributed by atoms with Crippen LogP contribution in [0.4, 0.5) is 11.6 Å². The van der Waals surface area contributed by atoms with Crippen LogP contribution in [0.2, 0.25) is 0 Å². The largest absolute Gasteiger partial charge is 0.397 e. The predicted octanol–water partition coefficient (Wildman–Crippen LogP) is 1.33. The van der Waals surface area contributed by atoms with E-state index in [1.165, 1.54) is 11.3 Å². The third kappa shape index (κ3) is 3.58. The SMILES string of the molecule is CCCc1ccc2c(N)c(C(=O)Nc3c[n+](N4CCOCC4)no3)sc2n1. The number of nitrogens with one attached hydrogen (secondary N) is 1.